The maximum absolute atomic E-state index is 12.1. The standard InChI is InChI=1S/C14H18BrNO4/c1-10-6-16(7-13(8-17)20-10)14(18)9-19-12-4-2-3-11(15)5-12/h2-5,10,13,17H,6-9H2,1H3. The largest absolute Gasteiger partial charge is 0.484 e. The highest BCUT2D eigenvalue weighted by Gasteiger charge is 2.28. The van der Waals surface area contributed by atoms with Gasteiger partial charge in [-0.1, -0.05) is 22.0 Å². The van der Waals surface area contributed by atoms with E-state index < -0.39 is 0 Å². The zero-order valence-electron chi connectivity index (χ0n) is 11.3. The highest BCUT2D eigenvalue weighted by atomic mass is 79.9. The average molecular weight is 344 g/mol. The second kappa shape index (κ2) is 7.06. The van der Waals surface area contributed by atoms with Crippen molar-refractivity contribution >= 4 is 21.8 Å². The molecule has 1 saturated heterocycles. The average Bonchev–Trinajstić information content (AvgIpc) is 2.44. The summed E-state index contributed by atoms with van der Waals surface area (Å²) >= 11 is 3.35. The summed E-state index contributed by atoms with van der Waals surface area (Å²) in [5.74, 6) is 0.548. The highest BCUT2D eigenvalue weighted by Crippen LogP contribution is 2.18. The summed E-state index contributed by atoms with van der Waals surface area (Å²) in [6, 6.07) is 7.36. The monoisotopic (exact) mass is 343 g/mol. The fraction of sp³-hybridized carbons (Fsp3) is 0.500. The zero-order valence-corrected chi connectivity index (χ0v) is 12.9. The van der Waals surface area contributed by atoms with Crippen LogP contribution in [0.15, 0.2) is 28.7 Å². The van der Waals surface area contributed by atoms with E-state index in [1.807, 2.05) is 25.1 Å². The van der Waals surface area contributed by atoms with Gasteiger partial charge in [-0.3, -0.25) is 4.79 Å². The molecule has 110 valence electrons. The van der Waals surface area contributed by atoms with Gasteiger partial charge in [-0.25, -0.2) is 0 Å². The van der Waals surface area contributed by atoms with Gasteiger partial charge in [0.25, 0.3) is 5.91 Å². The van der Waals surface area contributed by atoms with Crippen LogP contribution >= 0.6 is 15.9 Å². The van der Waals surface area contributed by atoms with Crippen molar-refractivity contribution in [2.75, 3.05) is 26.3 Å². The summed E-state index contributed by atoms with van der Waals surface area (Å²) in [4.78, 5) is 13.8. The van der Waals surface area contributed by atoms with Gasteiger partial charge in [-0.2, -0.15) is 0 Å². The molecule has 5 nitrogen and oxygen atoms in total. The first-order chi connectivity index (χ1) is 9.58. The number of hydrogen-bond acceptors (Lipinski definition) is 4. The summed E-state index contributed by atoms with van der Waals surface area (Å²) in [6.07, 6.45) is -0.385. The molecule has 20 heavy (non-hydrogen) atoms. The van der Waals surface area contributed by atoms with Gasteiger partial charge >= 0.3 is 0 Å². The smallest absolute Gasteiger partial charge is 0.260 e. The Morgan fingerprint density at radius 2 is 2.35 bits per heavy atom. The summed E-state index contributed by atoms with van der Waals surface area (Å²) in [6.45, 7) is 2.72. The summed E-state index contributed by atoms with van der Waals surface area (Å²) in [5.41, 5.74) is 0. The number of rotatable bonds is 4. The van der Waals surface area contributed by atoms with Crippen molar-refractivity contribution < 1.29 is 19.4 Å². The predicted octanol–water partition coefficient (Wildman–Crippen LogP) is 1.44. The lowest BCUT2D eigenvalue weighted by Gasteiger charge is -2.36. The molecule has 0 spiro atoms. The van der Waals surface area contributed by atoms with Gasteiger partial charge in [0.1, 0.15) is 5.75 Å². The van der Waals surface area contributed by atoms with E-state index in [9.17, 15) is 4.79 Å². The van der Waals surface area contributed by atoms with Gasteiger partial charge < -0.3 is 19.5 Å². The van der Waals surface area contributed by atoms with E-state index in [2.05, 4.69) is 15.9 Å². The molecule has 1 fully saturated rings. The van der Waals surface area contributed by atoms with E-state index in [0.29, 0.717) is 18.8 Å². The molecular formula is C14H18BrNO4. The molecule has 1 aliphatic heterocycles. The molecule has 0 bridgehead atoms. The maximum atomic E-state index is 12.1. The molecule has 1 N–H and O–H groups in total. The first-order valence-corrected chi connectivity index (χ1v) is 7.30. The molecule has 2 rings (SSSR count). The minimum absolute atomic E-state index is 0.0126. The normalized spacial score (nSPS) is 22.6. The van der Waals surface area contributed by atoms with Crippen molar-refractivity contribution in [1.29, 1.82) is 0 Å². The number of amides is 1. The van der Waals surface area contributed by atoms with E-state index in [-0.39, 0.29) is 31.3 Å². The number of halogens is 1. The molecular weight excluding hydrogens is 326 g/mol. The van der Waals surface area contributed by atoms with E-state index in [4.69, 9.17) is 14.6 Å². The molecule has 0 aliphatic carbocycles. The molecule has 1 aliphatic rings. The van der Waals surface area contributed by atoms with Gasteiger partial charge in [0.2, 0.25) is 0 Å². The summed E-state index contributed by atoms with van der Waals surface area (Å²) in [7, 11) is 0. The Kier molecular flexibility index (Phi) is 5.39. The van der Waals surface area contributed by atoms with Crippen LogP contribution < -0.4 is 4.74 Å². The summed E-state index contributed by atoms with van der Waals surface area (Å²) < 4.78 is 11.9. The number of aliphatic hydroxyl groups excluding tert-OH is 1. The Labute approximate surface area is 126 Å². The molecule has 6 heteroatoms. The molecule has 1 amide bonds. The van der Waals surface area contributed by atoms with Gasteiger partial charge in [0.05, 0.1) is 18.8 Å². The topological polar surface area (TPSA) is 59.0 Å². The van der Waals surface area contributed by atoms with Crippen LogP contribution in [0.25, 0.3) is 0 Å². The fourth-order valence-electron chi connectivity index (χ4n) is 2.14. The lowest BCUT2D eigenvalue weighted by molar-refractivity contribution is -0.149. The second-order valence-corrected chi connectivity index (χ2v) is 5.71. The van der Waals surface area contributed by atoms with Crippen LogP contribution in [0.2, 0.25) is 0 Å². The lowest BCUT2D eigenvalue weighted by Crippen LogP contribution is -2.51. The minimum Gasteiger partial charge on any atom is -0.484 e. The first kappa shape index (κ1) is 15.3. The quantitative estimate of drug-likeness (QED) is 0.898. The maximum Gasteiger partial charge on any atom is 0.260 e. The van der Waals surface area contributed by atoms with Crippen LogP contribution in [0.4, 0.5) is 0 Å². The van der Waals surface area contributed by atoms with Crippen molar-refractivity contribution in [3.8, 4) is 5.75 Å². The number of morpholine rings is 1. The Balaban J connectivity index is 1.88. The van der Waals surface area contributed by atoms with Crippen LogP contribution in [-0.2, 0) is 9.53 Å². The van der Waals surface area contributed by atoms with Crippen molar-refractivity contribution in [2.45, 2.75) is 19.1 Å². The number of carbonyl (C=O) groups is 1. The number of benzene rings is 1. The third-order valence-electron chi connectivity index (χ3n) is 3.04. The molecule has 1 heterocycles. The van der Waals surface area contributed by atoms with Gasteiger partial charge in [0, 0.05) is 17.6 Å². The van der Waals surface area contributed by atoms with E-state index in [1.165, 1.54) is 0 Å². The molecule has 1 aromatic rings. The molecule has 0 aromatic heterocycles. The third-order valence-corrected chi connectivity index (χ3v) is 3.53. The van der Waals surface area contributed by atoms with Crippen molar-refractivity contribution in [3.05, 3.63) is 28.7 Å². The predicted molar refractivity (Wildman–Crippen MR) is 77.6 cm³/mol. The highest BCUT2D eigenvalue weighted by molar-refractivity contribution is 9.10. The van der Waals surface area contributed by atoms with Gasteiger partial charge in [-0.05, 0) is 25.1 Å². The van der Waals surface area contributed by atoms with Crippen molar-refractivity contribution in [2.24, 2.45) is 0 Å². The van der Waals surface area contributed by atoms with Crippen LogP contribution in [0, 0.1) is 0 Å². The summed E-state index contributed by atoms with van der Waals surface area (Å²) in [5, 5.41) is 9.15. The van der Waals surface area contributed by atoms with E-state index in [0.717, 1.165) is 4.47 Å². The third kappa shape index (κ3) is 4.19. The molecule has 1 aromatic carbocycles. The lowest BCUT2D eigenvalue weighted by atomic mass is 10.2. The number of ether oxygens (including phenoxy) is 2. The SMILES string of the molecule is CC1CN(C(=O)COc2cccc(Br)c2)CC(CO)O1. The number of aliphatic hydroxyl groups is 1. The Morgan fingerprint density at radius 3 is 3.05 bits per heavy atom. The Morgan fingerprint density at radius 1 is 1.55 bits per heavy atom. The van der Waals surface area contributed by atoms with Crippen LogP contribution in [0.5, 0.6) is 5.75 Å². The fourth-order valence-corrected chi connectivity index (χ4v) is 2.52. The molecule has 2 unspecified atom stereocenters. The molecule has 0 radical (unpaired) electrons. The van der Waals surface area contributed by atoms with Crippen molar-refractivity contribution in [3.63, 3.8) is 0 Å². The minimum atomic E-state index is -0.312. The van der Waals surface area contributed by atoms with Gasteiger partial charge in [0.15, 0.2) is 6.61 Å². The van der Waals surface area contributed by atoms with Crippen LogP contribution in [0.1, 0.15) is 6.92 Å². The van der Waals surface area contributed by atoms with Crippen LogP contribution in [0.3, 0.4) is 0 Å². The molecule has 2 atom stereocenters. The second-order valence-electron chi connectivity index (χ2n) is 4.80. The van der Waals surface area contributed by atoms with Crippen molar-refractivity contribution in [1.82, 2.24) is 4.90 Å². The molecule has 0 saturated carbocycles. The number of carbonyl (C=O) groups excluding carboxylic acids is 1. The van der Waals surface area contributed by atoms with Gasteiger partial charge in [-0.15, -0.1) is 0 Å². The first-order valence-electron chi connectivity index (χ1n) is 6.51. The van der Waals surface area contributed by atoms with E-state index in [1.54, 1.807) is 11.0 Å². The van der Waals surface area contributed by atoms with E-state index >= 15 is 0 Å². The van der Waals surface area contributed by atoms with Crippen LogP contribution in [-0.4, -0.2) is 54.4 Å². The zero-order chi connectivity index (χ0) is 14.5. The Hall–Kier alpha value is -1.11. The Bertz CT molecular complexity index is 468. The number of nitrogens with zero attached hydrogens (tertiary/aromatic N) is 1. The number of hydrogen-bond donors (Lipinski definition) is 1.